The van der Waals surface area contributed by atoms with E-state index in [1.165, 1.54) is 6.20 Å². The predicted octanol–water partition coefficient (Wildman–Crippen LogP) is 1.02. The maximum absolute atomic E-state index is 13.7. The Hall–Kier alpha value is -2.18. The highest BCUT2D eigenvalue weighted by Gasteiger charge is 2.14. The fraction of sp³-hybridized carbons (Fsp3) is 0.222. The minimum Gasteiger partial charge on any atom is -0.381 e. The Morgan fingerprint density at radius 1 is 1.50 bits per heavy atom. The van der Waals surface area contributed by atoms with Gasteiger partial charge in [0.1, 0.15) is 5.69 Å². The van der Waals surface area contributed by atoms with Gasteiger partial charge < -0.3 is 11.1 Å². The highest BCUT2D eigenvalue weighted by molar-refractivity contribution is 5.60. The summed E-state index contributed by atoms with van der Waals surface area (Å²) in [5.41, 5.74) is 6.03. The predicted molar refractivity (Wildman–Crippen MR) is 58.1 cm³/mol. The van der Waals surface area contributed by atoms with Crippen LogP contribution in [0.25, 0.3) is 11.4 Å². The molecule has 0 unspecified atom stereocenters. The minimum atomic E-state index is -0.647. The van der Waals surface area contributed by atoms with Crippen molar-refractivity contribution in [2.24, 2.45) is 0 Å². The molecule has 7 heteroatoms. The maximum Gasteiger partial charge on any atom is 0.225 e. The van der Waals surface area contributed by atoms with Crippen molar-refractivity contribution in [3.8, 4) is 11.4 Å². The third kappa shape index (κ3) is 1.79. The second-order valence-electron chi connectivity index (χ2n) is 3.10. The summed E-state index contributed by atoms with van der Waals surface area (Å²) in [4.78, 5) is 7.80. The molecule has 0 bridgehead atoms. The second kappa shape index (κ2) is 4.13. The van der Waals surface area contributed by atoms with Crippen LogP contribution in [0.5, 0.6) is 0 Å². The number of hydrogen-bond donors (Lipinski definition) is 3. The number of nitrogens with one attached hydrogen (secondary N) is 2. The molecule has 4 N–H and O–H groups in total. The zero-order valence-electron chi connectivity index (χ0n) is 8.66. The van der Waals surface area contributed by atoms with Crippen LogP contribution in [0.2, 0.25) is 0 Å². The zero-order valence-corrected chi connectivity index (χ0v) is 8.66. The topological polar surface area (TPSA) is 92.5 Å². The van der Waals surface area contributed by atoms with Crippen LogP contribution in [0.15, 0.2) is 12.3 Å². The molecule has 0 aliphatic carbocycles. The van der Waals surface area contributed by atoms with Crippen LogP contribution >= 0.6 is 0 Å². The van der Waals surface area contributed by atoms with Crippen molar-refractivity contribution in [1.29, 1.82) is 0 Å². The molecule has 0 aliphatic rings. The van der Waals surface area contributed by atoms with Gasteiger partial charge in [-0.2, -0.15) is 10.1 Å². The number of hydrogen-bond acceptors (Lipinski definition) is 5. The SMILES string of the molecule is CCNc1nc(N)c(F)c(-c2ccn[nH]2)n1. The Labute approximate surface area is 91.1 Å². The Balaban J connectivity index is 2.51. The molecule has 0 saturated heterocycles. The molecule has 0 spiro atoms. The summed E-state index contributed by atoms with van der Waals surface area (Å²) in [6.07, 6.45) is 1.51. The normalized spacial score (nSPS) is 10.4. The van der Waals surface area contributed by atoms with Gasteiger partial charge >= 0.3 is 0 Å². The number of H-pyrrole nitrogens is 1. The van der Waals surface area contributed by atoms with Gasteiger partial charge in [0.25, 0.3) is 0 Å². The van der Waals surface area contributed by atoms with Crippen molar-refractivity contribution in [1.82, 2.24) is 20.2 Å². The zero-order chi connectivity index (χ0) is 11.5. The Bertz CT molecular complexity index is 481. The quantitative estimate of drug-likeness (QED) is 0.721. The van der Waals surface area contributed by atoms with Crippen molar-refractivity contribution in [3.63, 3.8) is 0 Å². The van der Waals surface area contributed by atoms with E-state index < -0.39 is 5.82 Å². The van der Waals surface area contributed by atoms with E-state index in [1.807, 2.05) is 6.92 Å². The minimum absolute atomic E-state index is 0.112. The largest absolute Gasteiger partial charge is 0.381 e. The fourth-order valence-corrected chi connectivity index (χ4v) is 1.27. The Morgan fingerprint density at radius 2 is 2.31 bits per heavy atom. The van der Waals surface area contributed by atoms with E-state index in [9.17, 15) is 4.39 Å². The van der Waals surface area contributed by atoms with Crippen LogP contribution in [-0.2, 0) is 0 Å². The molecule has 0 radical (unpaired) electrons. The summed E-state index contributed by atoms with van der Waals surface area (Å²) in [5, 5.41) is 9.23. The Kier molecular flexibility index (Phi) is 2.67. The molecule has 2 aromatic heterocycles. The molecule has 0 atom stereocenters. The number of nitrogens with two attached hydrogens (primary N) is 1. The van der Waals surface area contributed by atoms with Gasteiger partial charge in [0.05, 0.1) is 5.69 Å². The number of anilines is 2. The van der Waals surface area contributed by atoms with Crippen molar-refractivity contribution in [2.45, 2.75) is 6.92 Å². The molecule has 84 valence electrons. The van der Waals surface area contributed by atoms with Crippen LogP contribution in [0.1, 0.15) is 6.92 Å². The molecule has 2 heterocycles. The summed E-state index contributed by atoms with van der Waals surface area (Å²) >= 11 is 0. The van der Waals surface area contributed by atoms with Gasteiger partial charge in [-0.3, -0.25) is 5.10 Å². The van der Waals surface area contributed by atoms with E-state index >= 15 is 0 Å². The number of aromatic nitrogens is 4. The molecular formula is C9H11FN6. The molecule has 0 saturated carbocycles. The van der Waals surface area contributed by atoms with Gasteiger partial charge in [0.15, 0.2) is 11.6 Å². The van der Waals surface area contributed by atoms with Gasteiger partial charge in [-0.25, -0.2) is 9.37 Å². The van der Waals surface area contributed by atoms with E-state index in [2.05, 4.69) is 25.5 Å². The number of nitrogens with zero attached hydrogens (tertiary/aromatic N) is 3. The number of rotatable bonds is 3. The lowest BCUT2D eigenvalue weighted by Crippen LogP contribution is -2.08. The average Bonchev–Trinajstić information content (AvgIpc) is 2.76. The smallest absolute Gasteiger partial charge is 0.225 e. The van der Waals surface area contributed by atoms with E-state index in [-0.39, 0.29) is 11.5 Å². The fourth-order valence-electron chi connectivity index (χ4n) is 1.27. The van der Waals surface area contributed by atoms with Gasteiger partial charge in [0.2, 0.25) is 5.95 Å². The summed E-state index contributed by atoms with van der Waals surface area (Å²) in [6.45, 7) is 2.52. The number of aromatic amines is 1. The molecular weight excluding hydrogens is 211 g/mol. The molecule has 2 rings (SSSR count). The van der Waals surface area contributed by atoms with Crippen LogP contribution in [0.3, 0.4) is 0 Å². The van der Waals surface area contributed by atoms with Crippen molar-refractivity contribution in [2.75, 3.05) is 17.6 Å². The molecule has 6 nitrogen and oxygen atoms in total. The first-order chi connectivity index (χ1) is 7.72. The van der Waals surface area contributed by atoms with E-state index in [4.69, 9.17) is 5.73 Å². The number of halogens is 1. The maximum atomic E-state index is 13.7. The number of nitrogen functional groups attached to an aromatic ring is 1. The monoisotopic (exact) mass is 222 g/mol. The average molecular weight is 222 g/mol. The summed E-state index contributed by atoms with van der Waals surface area (Å²) < 4.78 is 13.7. The lowest BCUT2D eigenvalue weighted by molar-refractivity contribution is 0.623. The highest BCUT2D eigenvalue weighted by atomic mass is 19.1. The van der Waals surface area contributed by atoms with E-state index in [0.29, 0.717) is 18.2 Å². The van der Waals surface area contributed by atoms with Gasteiger partial charge in [-0.15, -0.1) is 0 Å². The standard InChI is InChI=1S/C9H11FN6/c1-2-12-9-14-7(5-3-4-13-16-5)6(10)8(11)15-9/h3-4H,2H2,1H3,(H,13,16)(H3,11,12,14,15). The highest BCUT2D eigenvalue weighted by Crippen LogP contribution is 2.22. The van der Waals surface area contributed by atoms with Crippen LogP contribution < -0.4 is 11.1 Å². The van der Waals surface area contributed by atoms with Crippen molar-refractivity contribution in [3.05, 3.63) is 18.1 Å². The molecule has 16 heavy (non-hydrogen) atoms. The summed E-state index contributed by atoms with van der Waals surface area (Å²) in [5.74, 6) is -0.535. The first-order valence-corrected chi connectivity index (χ1v) is 4.79. The van der Waals surface area contributed by atoms with Crippen LogP contribution in [0.4, 0.5) is 16.2 Å². The first-order valence-electron chi connectivity index (χ1n) is 4.79. The van der Waals surface area contributed by atoms with Crippen LogP contribution in [0, 0.1) is 5.82 Å². The van der Waals surface area contributed by atoms with E-state index in [1.54, 1.807) is 6.07 Å². The molecule has 2 aromatic rings. The van der Waals surface area contributed by atoms with Crippen LogP contribution in [-0.4, -0.2) is 26.7 Å². The lowest BCUT2D eigenvalue weighted by Gasteiger charge is -2.06. The van der Waals surface area contributed by atoms with Gasteiger partial charge in [-0.05, 0) is 13.0 Å². The van der Waals surface area contributed by atoms with Crippen molar-refractivity contribution < 1.29 is 4.39 Å². The molecule has 0 aromatic carbocycles. The Morgan fingerprint density at radius 3 is 2.94 bits per heavy atom. The first kappa shape index (κ1) is 10.3. The summed E-state index contributed by atoms with van der Waals surface area (Å²) in [6, 6.07) is 1.61. The van der Waals surface area contributed by atoms with Gasteiger partial charge in [0, 0.05) is 12.7 Å². The van der Waals surface area contributed by atoms with Gasteiger partial charge in [-0.1, -0.05) is 0 Å². The third-order valence-electron chi connectivity index (χ3n) is 1.97. The molecule has 0 aliphatic heterocycles. The molecule has 0 fully saturated rings. The molecule has 0 amide bonds. The second-order valence-corrected chi connectivity index (χ2v) is 3.10. The van der Waals surface area contributed by atoms with E-state index in [0.717, 1.165) is 0 Å². The third-order valence-corrected chi connectivity index (χ3v) is 1.97. The van der Waals surface area contributed by atoms with Crippen molar-refractivity contribution >= 4 is 11.8 Å². The lowest BCUT2D eigenvalue weighted by atomic mass is 10.3. The summed E-state index contributed by atoms with van der Waals surface area (Å²) in [7, 11) is 0.